The molecule has 0 aromatic rings. The highest BCUT2D eigenvalue weighted by molar-refractivity contribution is 9.69. The second-order valence-corrected chi connectivity index (χ2v) is 9.24. The fraction of sp³-hybridized carbons (Fsp3) is 1.00. The van der Waals surface area contributed by atoms with Crippen molar-refractivity contribution in [1.29, 1.82) is 0 Å². The Morgan fingerprint density at radius 2 is 1.62 bits per heavy atom. The molecule has 4 heteroatoms. The highest BCUT2D eigenvalue weighted by Crippen LogP contribution is 2.54. The lowest BCUT2D eigenvalue weighted by atomic mass is 10.7. The Morgan fingerprint density at radius 3 is 1.62 bits per heavy atom. The van der Waals surface area contributed by atoms with E-state index in [1.165, 1.54) is 0 Å². The number of hydrogen-bond donors (Lipinski definition) is 0. The molecular formula is C4H10Br2NP. The fourth-order valence-electron chi connectivity index (χ4n) is 0.437. The topological polar surface area (TPSA) is 3.24 Å². The molecule has 0 aliphatic heterocycles. The summed E-state index contributed by atoms with van der Waals surface area (Å²) in [6, 6.07) is 0. The van der Waals surface area contributed by atoms with Crippen LogP contribution >= 0.6 is 36.5 Å². The first-order valence-corrected chi connectivity index (χ1v) is 7.92. The molecule has 0 heterocycles. The van der Waals surface area contributed by atoms with E-state index in [-0.39, 0.29) is 5.48 Å². The number of nitrogens with zero attached hydrogens (tertiary/aromatic N) is 1. The Balaban J connectivity index is 3.35. The molecule has 8 heavy (non-hydrogen) atoms. The van der Waals surface area contributed by atoms with Crippen molar-refractivity contribution in [3.63, 3.8) is 0 Å². The predicted octanol–water partition coefficient (Wildman–Crippen LogP) is 3.34. The van der Waals surface area contributed by atoms with E-state index in [0.29, 0.717) is 0 Å². The molecule has 0 unspecified atom stereocenters. The Kier molecular flexibility index (Phi) is 6.03. The molecular weight excluding hydrogens is 253 g/mol. The molecule has 1 nitrogen and oxygen atoms in total. The van der Waals surface area contributed by atoms with Gasteiger partial charge in [-0.3, -0.25) is 4.67 Å². The summed E-state index contributed by atoms with van der Waals surface area (Å²) in [6.45, 7) is 6.53. The summed E-state index contributed by atoms with van der Waals surface area (Å²) in [6.07, 6.45) is 0. The Labute approximate surface area is 68.1 Å². The Hall–Kier alpha value is 1.35. The largest absolute Gasteiger partial charge is 0.265 e. The molecule has 0 aromatic carbocycles. The predicted molar refractivity (Wildman–Crippen MR) is 47.7 cm³/mol. The van der Waals surface area contributed by atoms with E-state index in [9.17, 15) is 0 Å². The van der Waals surface area contributed by atoms with Crippen LogP contribution in [-0.2, 0) is 0 Å². The molecule has 0 atom stereocenters. The van der Waals surface area contributed by atoms with Crippen LogP contribution in [0.4, 0.5) is 0 Å². The fourth-order valence-corrected chi connectivity index (χ4v) is 3.56. The summed E-state index contributed by atoms with van der Waals surface area (Å²) >= 11 is 6.94. The lowest BCUT2D eigenvalue weighted by Gasteiger charge is -2.18. The summed E-state index contributed by atoms with van der Waals surface area (Å²) in [4.78, 5) is 0. The van der Waals surface area contributed by atoms with Crippen LogP contribution in [0, 0.1) is 0 Å². The molecule has 0 radical (unpaired) electrons. The van der Waals surface area contributed by atoms with Crippen molar-refractivity contribution in [2.75, 3.05) is 13.1 Å². The minimum absolute atomic E-state index is 0.206. The van der Waals surface area contributed by atoms with Crippen LogP contribution in [0.25, 0.3) is 0 Å². The maximum absolute atomic E-state index is 3.47. The first-order valence-electron chi connectivity index (χ1n) is 2.58. The van der Waals surface area contributed by atoms with Gasteiger partial charge in [0.05, 0.1) is 0 Å². The quantitative estimate of drug-likeness (QED) is 0.706. The average Bonchev–Trinajstić information content (AvgIpc) is 1.69. The SMILES string of the molecule is CCN(CC)P(Br)Br. The molecule has 0 aliphatic rings. The molecule has 0 fully saturated rings. The third-order valence-corrected chi connectivity index (χ3v) is 4.63. The lowest BCUT2D eigenvalue weighted by Crippen LogP contribution is -2.11. The first-order chi connectivity index (χ1) is 3.72. The zero-order valence-corrected chi connectivity index (χ0v) is 9.13. The van der Waals surface area contributed by atoms with Gasteiger partial charge in [-0.15, -0.1) is 0 Å². The molecule has 0 aliphatic carbocycles. The van der Waals surface area contributed by atoms with E-state index < -0.39 is 0 Å². The second-order valence-electron chi connectivity index (χ2n) is 1.35. The number of hydrogen-bond acceptors (Lipinski definition) is 1. The maximum atomic E-state index is 3.47. The monoisotopic (exact) mass is 261 g/mol. The van der Waals surface area contributed by atoms with E-state index in [1.54, 1.807) is 0 Å². The minimum atomic E-state index is -0.206. The highest BCUT2D eigenvalue weighted by Gasteiger charge is 2.05. The van der Waals surface area contributed by atoms with Crippen LogP contribution in [0.3, 0.4) is 0 Å². The molecule has 0 rings (SSSR count). The van der Waals surface area contributed by atoms with Crippen molar-refractivity contribution >= 4 is 36.5 Å². The van der Waals surface area contributed by atoms with Gasteiger partial charge in [0, 0.05) is 13.1 Å². The van der Waals surface area contributed by atoms with Crippen LogP contribution in [0.5, 0.6) is 0 Å². The molecule has 0 amide bonds. The molecule has 0 saturated heterocycles. The van der Waals surface area contributed by atoms with E-state index in [1.807, 2.05) is 0 Å². The van der Waals surface area contributed by atoms with Crippen LogP contribution < -0.4 is 0 Å². The summed E-state index contributed by atoms with van der Waals surface area (Å²) < 4.78 is 2.31. The van der Waals surface area contributed by atoms with Crippen LogP contribution in [-0.4, -0.2) is 17.8 Å². The van der Waals surface area contributed by atoms with Gasteiger partial charge in [-0.2, -0.15) is 0 Å². The van der Waals surface area contributed by atoms with Crippen molar-refractivity contribution in [3.05, 3.63) is 0 Å². The van der Waals surface area contributed by atoms with E-state index in [4.69, 9.17) is 0 Å². The van der Waals surface area contributed by atoms with Gasteiger partial charge in [0.15, 0.2) is 0 Å². The molecule has 0 bridgehead atoms. The summed E-state index contributed by atoms with van der Waals surface area (Å²) in [5, 5.41) is 0. The normalized spacial score (nSPS) is 11.2. The maximum Gasteiger partial charge on any atom is 0.107 e. The molecule has 0 spiro atoms. The van der Waals surface area contributed by atoms with Crippen molar-refractivity contribution in [3.8, 4) is 0 Å². The molecule has 50 valence electrons. The number of halogens is 2. The van der Waals surface area contributed by atoms with Crippen molar-refractivity contribution in [2.24, 2.45) is 0 Å². The van der Waals surface area contributed by atoms with Crippen molar-refractivity contribution < 1.29 is 0 Å². The molecule has 0 saturated carbocycles. The first kappa shape index (κ1) is 9.35. The van der Waals surface area contributed by atoms with Gasteiger partial charge >= 0.3 is 0 Å². The van der Waals surface area contributed by atoms with Gasteiger partial charge in [-0.1, -0.05) is 13.8 Å². The smallest absolute Gasteiger partial charge is 0.107 e. The van der Waals surface area contributed by atoms with Crippen LogP contribution in [0.2, 0.25) is 0 Å². The van der Waals surface area contributed by atoms with Crippen LogP contribution in [0.1, 0.15) is 13.8 Å². The second kappa shape index (κ2) is 5.16. The van der Waals surface area contributed by atoms with Gasteiger partial charge in [-0.05, 0) is 31.0 Å². The Morgan fingerprint density at radius 1 is 1.25 bits per heavy atom. The number of rotatable bonds is 3. The summed E-state index contributed by atoms with van der Waals surface area (Å²) in [5.41, 5.74) is -0.206. The van der Waals surface area contributed by atoms with Gasteiger partial charge < -0.3 is 0 Å². The molecule has 0 aromatic heterocycles. The standard InChI is InChI=1S/C4H10Br2NP/c1-3-7(4-2)8(5)6/h3-4H2,1-2H3. The van der Waals surface area contributed by atoms with E-state index in [0.717, 1.165) is 13.1 Å². The van der Waals surface area contributed by atoms with Gasteiger partial charge in [0.1, 0.15) is 5.48 Å². The molecule has 0 N–H and O–H groups in total. The zero-order chi connectivity index (χ0) is 6.57. The highest BCUT2D eigenvalue weighted by atomic mass is 79.9. The third-order valence-electron chi connectivity index (χ3n) is 0.944. The average molecular weight is 263 g/mol. The van der Waals surface area contributed by atoms with Gasteiger partial charge in [0.2, 0.25) is 0 Å². The minimum Gasteiger partial charge on any atom is -0.265 e. The van der Waals surface area contributed by atoms with Crippen molar-refractivity contribution in [1.82, 2.24) is 4.67 Å². The lowest BCUT2D eigenvalue weighted by molar-refractivity contribution is 0.521. The van der Waals surface area contributed by atoms with Crippen LogP contribution in [0.15, 0.2) is 0 Å². The zero-order valence-electron chi connectivity index (χ0n) is 5.06. The Bertz CT molecular complexity index is 56.0. The van der Waals surface area contributed by atoms with Gasteiger partial charge in [-0.25, -0.2) is 0 Å². The van der Waals surface area contributed by atoms with Gasteiger partial charge in [0.25, 0.3) is 0 Å². The summed E-state index contributed by atoms with van der Waals surface area (Å²) in [7, 11) is 0. The third kappa shape index (κ3) is 3.39. The van der Waals surface area contributed by atoms with E-state index >= 15 is 0 Å². The van der Waals surface area contributed by atoms with E-state index in [2.05, 4.69) is 49.5 Å². The van der Waals surface area contributed by atoms with Crippen molar-refractivity contribution in [2.45, 2.75) is 13.8 Å². The summed E-state index contributed by atoms with van der Waals surface area (Å²) in [5.74, 6) is 0.